The molecule has 0 bridgehead atoms. The van der Waals surface area contributed by atoms with Crippen LogP contribution in [-0.4, -0.2) is 49.4 Å². The van der Waals surface area contributed by atoms with E-state index in [4.69, 9.17) is 22.1 Å². The van der Waals surface area contributed by atoms with Crippen molar-refractivity contribution in [1.82, 2.24) is 23.6 Å². The molecule has 1 saturated heterocycles. The van der Waals surface area contributed by atoms with Gasteiger partial charge in [-0.25, -0.2) is 4.68 Å². The lowest BCUT2D eigenvalue weighted by Crippen LogP contribution is -2.42. The molecule has 4 rings (SSSR count). The van der Waals surface area contributed by atoms with E-state index < -0.39 is 0 Å². The summed E-state index contributed by atoms with van der Waals surface area (Å²) in [7, 11) is 0. The molecule has 3 heterocycles. The van der Waals surface area contributed by atoms with Gasteiger partial charge in [0.15, 0.2) is 0 Å². The average molecular weight is 402 g/mol. The van der Waals surface area contributed by atoms with Crippen LogP contribution >= 0.6 is 12.2 Å². The lowest BCUT2D eigenvalue weighted by atomic mass is 10.1. The van der Waals surface area contributed by atoms with Crippen molar-refractivity contribution < 1.29 is 4.74 Å². The molecule has 0 radical (unpaired) electrons. The fraction of sp³-hybridized carbons (Fsp3) is 0.550. The number of morpholine rings is 1. The summed E-state index contributed by atoms with van der Waals surface area (Å²) in [6, 6.07) is 7.63. The highest BCUT2D eigenvalue weighted by Crippen LogP contribution is 2.16. The Labute approximate surface area is 169 Å². The second-order valence-corrected chi connectivity index (χ2v) is 8.34. The molecule has 1 aromatic carbocycles. The summed E-state index contributed by atoms with van der Waals surface area (Å²) in [5.41, 5.74) is 0.811. The van der Waals surface area contributed by atoms with Gasteiger partial charge in [-0.3, -0.25) is 18.7 Å². The summed E-state index contributed by atoms with van der Waals surface area (Å²) in [6.07, 6.45) is 1.11. The number of rotatable bonds is 5. The molecular weight excluding hydrogens is 374 g/mol. The molecule has 1 aliphatic heterocycles. The minimum absolute atomic E-state index is 0.00380. The van der Waals surface area contributed by atoms with Crippen molar-refractivity contribution in [2.24, 2.45) is 5.92 Å². The fourth-order valence-electron chi connectivity index (χ4n) is 3.76. The van der Waals surface area contributed by atoms with Crippen molar-refractivity contribution in [1.29, 1.82) is 0 Å². The van der Waals surface area contributed by atoms with E-state index >= 15 is 0 Å². The van der Waals surface area contributed by atoms with E-state index in [0.717, 1.165) is 25.0 Å². The third kappa shape index (κ3) is 3.52. The van der Waals surface area contributed by atoms with Gasteiger partial charge in [0.1, 0.15) is 0 Å². The summed E-state index contributed by atoms with van der Waals surface area (Å²) >= 11 is 5.78. The van der Waals surface area contributed by atoms with Gasteiger partial charge in [-0.2, -0.15) is 0 Å². The highest BCUT2D eigenvalue weighted by Gasteiger charge is 2.20. The first-order valence-electron chi connectivity index (χ1n) is 9.90. The standard InChI is InChI=1S/C20H27N5O2S/c1-14(2)8-9-23-18(26)16-6-4-5-7-17(16)25-19(23)21-24(20(25)28)13-22-10-11-27-15(3)12-22/h4-7,14-15H,8-13H2,1-3H3/t15-/m0/s1. The first-order valence-corrected chi connectivity index (χ1v) is 10.3. The van der Waals surface area contributed by atoms with Crippen LogP contribution in [0.2, 0.25) is 0 Å². The van der Waals surface area contributed by atoms with E-state index in [1.54, 1.807) is 4.57 Å². The van der Waals surface area contributed by atoms with Gasteiger partial charge < -0.3 is 4.74 Å². The molecule has 150 valence electrons. The Morgan fingerprint density at radius 3 is 2.86 bits per heavy atom. The highest BCUT2D eigenvalue weighted by atomic mass is 32.1. The summed E-state index contributed by atoms with van der Waals surface area (Å²) < 4.78 is 11.8. The van der Waals surface area contributed by atoms with Gasteiger partial charge in [0.2, 0.25) is 10.5 Å². The van der Waals surface area contributed by atoms with E-state index in [2.05, 4.69) is 25.7 Å². The molecule has 28 heavy (non-hydrogen) atoms. The number of aromatic nitrogens is 4. The van der Waals surface area contributed by atoms with Crippen molar-refractivity contribution in [3.05, 3.63) is 39.4 Å². The molecule has 2 aromatic heterocycles. The first kappa shape index (κ1) is 19.3. The lowest BCUT2D eigenvalue weighted by Gasteiger charge is -2.30. The molecule has 0 N–H and O–H groups in total. The number of hydrogen-bond donors (Lipinski definition) is 0. The van der Waals surface area contributed by atoms with Gasteiger partial charge >= 0.3 is 0 Å². The Morgan fingerprint density at radius 1 is 1.32 bits per heavy atom. The van der Waals surface area contributed by atoms with E-state index in [-0.39, 0.29) is 11.7 Å². The topological polar surface area (TPSA) is 56.7 Å². The normalized spacial score (nSPS) is 18.5. The number of para-hydroxylation sites is 1. The van der Waals surface area contributed by atoms with Gasteiger partial charge in [0.05, 0.1) is 30.3 Å². The molecule has 0 amide bonds. The molecule has 1 fully saturated rings. The fourth-order valence-corrected chi connectivity index (χ4v) is 4.04. The maximum Gasteiger partial charge on any atom is 0.262 e. The maximum atomic E-state index is 13.1. The molecule has 1 aliphatic rings. The molecule has 0 unspecified atom stereocenters. The Bertz CT molecular complexity index is 1110. The van der Waals surface area contributed by atoms with Crippen molar-refractivity contribution in [3.63, 3.8) is 0 Å². The number of nitrogens with zero attached hydrogens (tertiary/aromatic N) is 5. The van der Waals surface area contributed by atoms with Crippen LogP contribution < -0.4 is 5.56 Å². The van der Waals surface area contributed by atoms with Crippen molar-refractivity contribution >= 4 is 28.9 Å². The van der Waals surface area contributed by atoms with Crippen molar-refractivity contribution in [3.8, 4) is 0 Å². The molecule has 0 aliphatic carbocycles. The molecular formula is C20H27N5O2S. The smallest absolute Gasteiger partial charge is 0.262 e. The van der Waals surface area contributed by atoms with Crippen molar-refractivity contribution in [2.75, 3.05) is 19.7 Å². The molecule has 1 atom stereocenters. The first-order chi connectivity index (χ1) is 13.5. The zero-order valence-electron chi connectivity index (χ0n) is 16.7. The summed E-state index contributed by atoms with van der Waals surface area (Å²) in [4.78, 5) is 15.4. The number of benzene rings is 1. The minimum Gasteiger partial charge on any atom is -0.376 e. The van der Waals surface area contributed by atoms with Crippen LogP contribution in [0.5, 0.6) is 0 Å². The van der Waals surface area contributed by atoms with Crippen LogP contribution in [-0.2, 0) is 18.0 Å². The van der Waals surface area contributed by atoms with E-state index in [0.29, 0.717) is 41.7 Å². The Balaban J connectivity index is 1.86. The zero-order valence-corrected chi connectivity index (χ0v) is 17.5. The average Bonchev–Trinajstić information content (AvgIpc) is 2.98. The molecule has 3 aromatic rings. The van der Waals surface area contributed by atoms with Crippen LogP contribution in [0, 0.1) is 10.7 Å². The van der Waals surface area contributed by atoms with Crippen LogP contribution in [0.25, 0.3) is 16.7 Å². The van der Waals surface area contributed by atoms with Crippen LogP contribution in [0.4, 0.5) is 0 Å². The Kier molecular flexibility index (Phi) is 5.35. The minimum atomic E-state index is -0.00380. The van der Waals surface area contributed by atoms with Gasteiger partial charge in [-0.15, -0.1) is 5.10 Å². The molecule has 0 spiro atoms. The van der Waals surface area contributed by atoms with E-state index in [9.17, 15) is 4.79 Å². The third-order valence-electron chi connectivity index (χ3n) is 5.27. The van der Waals surface area contributed by atoms with Gasteiger partial charge in [0.25, 0.3) is 5.56 Å². The van der Waals surface area contributed by atoms with Crippen LogP contribution in [0.15, 0.2) is 29.1 Å². The predicted octanol–water partition coefficient (Wildman–Crippen LogP) is 2.90. The zero-order chi connectivity index (χ0) is 19.8. The number of aryl methyl sites for hydroxylation is 1. The van der Waals surface area contributed by atoms with Gasteiger partial charge in [-0.1, -0.05) is 26.0 Å². The quantitative estimate of drug-likeness (QED) is 0.616. The van der Waals surface area contributed by atoms with Crippen LogP contribution in [0.3, 0.4) is 0 Å². The summed E-state index contributed by atoms with van der Waals surface area (Å²) in [6.45, 7) is 10.0. The summed E-state index contributed by atoms with van der Waals surface area (Å²) in [5.74, 6) is 1.12. The predicted molar refractivity (Wildman–Crippen MR) is 112 cm³/mol. The molecule has 7 nitrogen and oxygen atoms in total. The van der Waals surface area contributed by atoms with E-state index in [1.807, 2.05) is 33.3 Å². The monoisotopic (exact) mass is 401 g/mol. The van der Waals surface area contributed by atoms with Gasteiger partial charge in [-0.05, 0) is 43.6 Å². The second kappa shape index (κ2) is 7.77. The number of hydrogen-bond acceptors (Lipinski definition) is 5. The SMILES string of the molecule is CC(C)CCn1c(=O)c2ccccc2n2c(=S)n(CN3CCO[C@@H](C)C3)nc12. The maximum absolute atomic E-state index is 13.1. The summed E-state index contributed by atoms with van der Waals surface area (Å²) in [5, 5.41) is 5.45. The van der Waals surface area contributed by atoms with Crippen molar-refractivity contribution in [2.45, 2.75) is 46.5 Å². The highest BCUT2D eigenvalue weighted by molar-refractivity contribution is 7.71. The number of ether oxygens (including phenoxy) is 1. The van der Waals surface area contributed by atoms with E-state index in [1.165, 1.54) is 0 Å². The lowest BCUT2D eigenvalue weighted by molar-refractivity contribution is -0.0306. The number of fused-ring (bicyclic) bond motifs is 3. The molecule has 0 saturated carbocycles. The largest absolute Gasteiger partial charge is 0.376 e. The Hall–Kier alpha value is -2.03. The van der Waals surface area contributed by atoms with Gasteiger partial charge in [0, 0.05) is 19.6 Å². The molecule has 8 heteroatoms. The third-order valence-corrected chi connectivity index (χ3v) is 5.67. The second-order valence-electron chi connectivity index (χ2n) is 7.97. The van der Waals surface area contributed by atoms with Crippen LogP contribution in [0.1, 0.15) is 27.2 Å². The Morgan fingerprint density at radius 2 is 2.11 bits per heavy atom.